The molecule has 0 bridgehead atoms. The van der Waals surface area contributed by atoms with Gasteiger partial charge in [0.25, 0.3) is 11.5 Å². The predicted octanol–water partition coefficient (Wildman–Crippen LogP) is 2.10. The van der Waals surface area contributed by atoms with E-state index in [1.165, 1.54) is 18.3 Å². The molecule has 0 radical (unpaired) electrons. The highest BCUT2D eigenvalue weighted by Gasteiger charge is 2.14. The predicted molar refractivity (Wildman–Crippen MR) is 86.6 cm³/mol. The van der Waals surface area contributed by atoms with E-state index in [4.69, 9.17) is 4.74 Å². The Morgan fingerprint density at radius 1 is 1.17 bits per heavy atom. The summed E-state index contributed by atoms with van der Waals surface area (Å²) in [5.74, 6) is -1.29. The second kappa shape index (κ2) is 6.91. The average Bonchev–Trinajstić information content (AvgIpc) is 2.49. The first-order valence-corrected chi connectivity index (χ1v) is 7.11. The highest BCUT2D eigenvalue weighted by atomic mass is 16.5. The van der Waals surface area contributed by atoms with Crippen molar-refractivity contribution in [2.24, 2.45) is 0 Å². The van der Waals surface area contributed by atoms with Crippen LogP contribution in [-0.4, -0.2) is 23.5 Å². The molecule has 0 saturated heterocycles. The number of carbonyl (C=O) groups is 2. The van der Waals surface area contributed by atoms with Gasteiger partial charge in [-0.2, -0.15) is 0 Å². The number of benzene rings is 1. The molecular weight excluding hydrogens is 296 g/mol. The molecule has 2 aromatic rings. The number of amides is 1. The molecule has 0 aliphatic heterocycles. The second-order valence-corrected chi connectivity index (χ2v) is 5.31. The van der Waals surface area contributed by atoms with Gasteiger partial charge in [0, 0.05) is 11.9 Å². The molecule has 6 nitrogen and oxygen atoms in total. The van der Waals surface area contributed by atoms with E-state index in [-0.39, 0.29) is 5.56 Å². The number of nitrogens with one attached hydrogen (secondary N) is 2. The van der Waals surface area contributed by atoms with E-state index >= 15 is 0 Å². The number of aryl methyl sites for hydroxylation is 3. The average molecular weight is 314 g/mol. The fourth-order valence-corrected chi connectivity index (χ4v) is 2.34. The molecule has 2 rings (SSSR count). The molecule has 0 aliphatic carbocycles. The Kier molecular flexibility index (Phi) is 4.95. The van der Waals surface area contributed by atoms with E-state index in [0.717, 1.165) is 16.7 Å². The Morgan fingerprint density at radius 3 is 2.43 bits per heavy atom. The third kappa shape index (κ3) is 4.06. The summed E-state index contributed by atoms with van der Waals surface area (Å²) < 4.78 is 4.88. The van der Waals surface area contributed by atoms with Gasteiger partial charge in [0.1, 0.15) is 5.56 Å². The minimum absolute atomic E-state index is 0.136. The SMILES string of the molecule is Cc1cc(C)c(NC(=O)COC(=O)c2ccc[nH]c2=O)c(C)c1. The van der Waals surface area contributed by atoms with Gasteiger partial charge in [-0.15, -0.1) is 0 Å². The summed E-state index contributed by atoms with van der Waals surface area (Å²) in [6.07, 6.45) is 1.41. The van der Waals surface area contributed by atoms with Gasteiger partial charge in [-0.25, -0.2) is 4.79 Å². The third-order valence-corrected chi connectivity index (χ3v) is 3.31. The lowest BCUT2D eigenvalue weighted by Gasteiger charge is -2.12. The van der Waals surface area contributed by atoms with Crippen LogP contribution in [0, 0.1) is 20.8 Å². The molecule has 0 saturated carbocycles. The van der Waals surface area contributed by atoms with Crippen LogP contribution in [0.3, 0.4) is 0 Å². The molecule has 2 N–H and O–H groups in total. The molecule has 6 heteroatoms. The number of pyridine rings is 1. The number of ether oxygens (including phenoxy) is 1. The Hall–Kier alpha value is -2.89. The Balaban J connectivity index is 2.00. The van der Waals surface area contributed by atoms with Gasteiger partial charge in [0.05, 0.1) is 0 Å². The van der Waals surface area contributed by atoms with Crippen molar-refractivity contribution in [1.82, 2.24) is 4.98 Å². The van der Waals surface area contributed by atoms with Gasteiger partial charge in [-0.3, -0.25) is 9.59 Å². The number of esters is 1. The first-order chi connectivity index (χ1) is 10.9. The first-order valence-electron chi connectivity index (χ1n) is 7.11. The molecular formula is C17H18N2O4. The number of carbonyl (C=O) groups excluding carboxylic acids is 2. The lowest BCUT2D eigenvalue weighted by molar-refractivity contribution is -0.119. The summed E-state index contributed by atoms with van der Waals surface area (Å²) in [7, 11) is 0. The standard InChI is InChI=1S/C17H18N2O4/c1-10-7-11(2)15(12(3)8-10)19-14(20)9-23-17(22)13-5-4-6-18-16(13)21/h4-8H,9H2,1-3H3,(H,18,21)(H,19,20). The van der Waals surface area contributed by atoms with Crippen LogP contribution in [0.5, 0.6) is 0 Å². The van der Waals surface area contributed by atoms with E-state index < -0.39 is 24.0 Å². The summed E-state index contributed by atoms with van der Waals surface area (Å²) in [6.45, 7) is 5.31. The van der Waals surface area contributed by atoms with Gasteiger partial charge >= 0.3 is 5.97 Å². The van der Waals surface area contributed by atoms with Crippen LogP contribution in [0.2, 0.25) is 0 Å². The van der Waals surface area contributed by atoms with Gasteiger partial charge in [-0.05, 0) is 44.0 Å². The van der Waals surface area contributed by atoms with Crippen molar-refractivity contribution in [3.8, 4) is 0 Å². The Bertz CT molecular complexity index is 785. The summed E-state index contributed by atoms with van der Waals surface area (Å²) in [5.41, 5.74) is 2.98. The largest absolute Gasteiger partial charge is 0.452 e. The third-order valence-electron chi connectivity index (χ3n) is 3.31. The second-order valence-electron chi connectivity index (χ2n) is 5.31. The first kappa shape index (κ1) is 16.5. The van der Waals surface area contributed by atoms with E-state index in [1.807, 2.05) is 32.9 Å². The maximum absolute atomic E-state index is 11.9. The molecule has 0 atom stereocenters. The van der Waals surface area contributed by atoms with Gasteiger partial charge in [0.2, 0.25) is 0 Å². The minimum Gasteiger partial charge on any atom is -0.452 e. The number of aromatic nitrogens is 1. The molecule has 0 aliphatic rings. The number of hydrogen-bond acceptors (Lipinski definition) is 4. The molecule has 120 valence electrons. The number of hydrogen-bond donors (Lipinski definition) is 2. The van der Waals surface area contributed by atoms with Crippen LogP contribution in [0.4, 0.5) is 5.69 Å². The Morgan fingerprint density at radius 2 is 1.83 bits per heavy atom. The summed E-state index contributed by atoms with van der Waals surface area (Å²) in [4.78, 5) is 37.6. The molecule has 0 unspecified atom stereocenters. The number of rotatable bonds is 4. The summed E-state index contributed by atoms with van der Waals surface area (Å²) >= 11 is 0. The number of H-pyrrole nitrogens is 1. The molecule has 1 aromatic heterocycles. The smallest absolute Gasteiger partial charge is 0.344 e. The van der Waals surface area contributed by atoms with Crippen LogP contribution in [0.25, 0.3) is 0 Å². The van der Waals surface area contributed by atoms with Crippen molar-refractivity contribution in [3.05, 3.63) is 63.1 Å². The lowest BCUT2D eigenvalue weighted by Crippen LogP contribution is -2.25. The molecule has 23 heavy (non-hydrogen) atoms. The minimum atomic E-state index is -0.834. The maximum Gasteiger partial charge on any atom is 0.344 e. The van der Waals surface area contributed by atoms with Gasteiger partial charge in [0.15, 0.2) is 6.61 Å². The topological polar surface area (TPSA) is 88.3 Å². The Labute approximate surface area is 133 Å². The molecule has 0 fully saturated rings. The zero-order valence-electron chi connectivity index (χ0n) is 13.2. The molecule has 0 spiro atoms. The van der Waals surface area contributed by atoms with Crippen molar-refractivity contribution in [3.63, 3.8) is 0 Å². The van der Waals surface area contributed by atoms with Gasteiger partial charge in [-0.1, -0.05) is 17.7 Å². The summed E-state index contributed by atoms with van der Waals surface area (Å²) in [6, 6.07) is 6.76. The van der Waals surface area contributed by atoms with Crippen LogP contribution >= 0.6 is 0 Å². The van der Waals surface area contributed by atoms with Crippen LogP contribution in [0.15, 0.2) is 35.3 Å². The van der Waals surface area contributed by atoms with Gasteiger partial charge < -0.3 is 15.0 Å². The quantitative estimate of drug-likeness (QED) is 0.846. The van der Waals surface area contributed by atoms with Crippen molar-refractivity contribution >= 4 is 17.6 Å². The van der Waals surface area contributed by atoms with Crippen LogP contribution < -0.4 is 10.9 Å². The van der Waals surface area contributed by atoms with Crippen LogP contribution in [-0.2, 0) is 9.53 Å². The maximum atomic E-state index is 11.9. The lowest BCUT2D eigenvalue weighted by atomic mass is 10.1. The van der Waals surface area contributed by atoms with Crippen LogP contribution in [0.1, 0.15) is 27.0 Å². The fourth-order valence-electron chi connectivity index (χ4n) is 2.34. The van der Waals surface area contributed by atoms with Crippen molar-refractivity contribution in [1.29, 1.82) is 0 Å². The number of aromatic amines is 1. The normalized spacial score (nSPS) is 10.2. The fraction of sp³-hybridized carbons (Fsp3) is 0.235. The van der Waals surface area contributed by atoms with E-state index in [0.29, 0.717) is 5.69 Å². The van der Waals surface area contributed by atoms with Crippen molar-refractivity contribution in [2.75, 3.05) is 11.9 Å². The zero-order chi connectivity index (χ0) is 17.0. The van der Waals surface area contributed by atoms with Crippen molar-refractivity contribution < 1.29 is 14.3 Å². The number of anilines is 1. The molecule has 1 aromatic carbocycles. The monoisotopic (exact) mass is 314 g/mol. The van der Waals surface area contributed by atoms with E-state index in [2.05, 4.69) is 10.3 Å². The molecule has 1 heterocycles. The van der Waals surface area contributed by atoms with E-state index in [1.54, 1.807) is 0 Å². The van der Waals surface area contributed by atoms with E-state index in [9.17, 15) is 14.4 Å². The molecule has 1 amide bonds. The highest BCUT2D eigenvalue weighted by molar-refractivity contribution is 5.96. The highest BCUT2D eigenvalue weighted by Crippen LogP contribution is 2.21. The zero-order valence-corrected chi connectivity index (χ0v) is 13.2. The summed E-state index contributed by atoms with van der Waals surface area (Å²) in [5, 5.41) is 2.73. The van der Waals surface area contributed by atoms with Crippen molar-refractivity contribution in [2.45, 2.75) is 20.8 Å².